The molecule has 82 valence electrons. The van der Waals surface area contributed by atoms with E-state index in [-0.39, 0.29) is 0 Å². The third kappa shape index (κ3) is 2.18. The van der Waals surface area contributed by atoms with E-state index in [2.05, 4.69) is 27.1 Å². The molecule has 5 heteroatoms. The van der Waals surface area contributed by atoms with E-state index >= 15 is 0 Å². The van der Waals surface area contributed by atoms with Crippen molar-refractivity contribution in [2.24, 2.45) is 0 Å². The SMILES string of the molecule is COc1nccnc1N1CCNC(C)C1. The molecule has 1 aromatic heterocycles. The van der Waals surface area contributed by atoms with Crippen molar-refractivity contribution in [1.82, 2.24) is 15.3 Å². The van der Waals surface area contributed by atoms with E-state index in [0.717, 1.165) is 25.5 Å². The molecule has 15 heavy (non-hydrogen) atoms. The molecule has 0 bridgehead atoms. The summed E-state index contributed by atoms with van der Waals surface area (Å²) in [5, 5.41) is 3.39. The van der Waals surface area contributed by atoms with Crippen molar-refractivity contribution in [3.05, 3.63) is 12.4 Å². The minimum Gasteiger partial charge on any atom is -0.478 e. The number of hydrogen-bond donors (Lipinski definition) is 1. The maximum absolute atomic E-state index is 5.20. The van der Waals surface area contributed by atoms with Crippen molar-refractivity contribution >= 4 is 5.82 Å². The monoisotopic (exact) mass is 208 g/mol. The van der Waals surface area contributed by atoms with Gasteiger partial charge in [-0.2, -0.15) is 0 Å². The Kier molecular flexibility index (Phi) is 3.01. The van der Waals surface area contributed by atoms with Crippen LogP contribution in [-0.4, -0.2) is 42.8 Å². The Bertz CT molecular complexity index is 331. The molecule has 5 nitrogen and oxygen atoms in total. The Hall–Kier alpha value is -1.36. The molecular formula is C10H16N4O. The van der Waals surface area contributed by atoms with Crippen molar-refractivity contribution in [1.29, 1.82) is 0 Å². The molecule has 1 N–H and O–H groups in total. The van der Waals surface area contributed by atoms with E-state index in [1.54, 1.807) is 19.5 Å². The summed E-state index contributed by atoms with van der Waals surface area (Å²) in [5.74, 6) is 1.44. The minimum absolute atomic E-state index is 0.477. The number of nitrogens with one attached hydrogen (secondary N) is 1. The molecule has 0 saturated carbocycles. The van der Waals surface area contributed by atoms with Crippen LogP contribution in [0.2, 0.25) is 0 Å². The Balaban J connectivity index is 2.20. The predicted octanol–water partition coefficient (Wildman–Crippen LogP) is 0.283. The number of aromatic nitrogens is 2. The third-order valence-electron chi connectivity index (χ3n) is 2.51. The molecule has 1 aliphatic rings. The van der Waals surface area contributed by atoms with Gasteiger partial charge in [0.2, 0.25) is 0 Å². The molecule has 0 amide bonds. The second-order valence-electron chi connectivity index (χ2n) is 3.69. The lowest BCUT2D eigenvalue weighted by atomic mass is 10.2. The van der Waals surface area contributed by atoms with Gasteiger partial charge in [0.25, 0.3) is 5.88 Å². The van der Waals surface area contributed by atoms with Crippen molar-refractivity contribution < 1.29 is 4.74 Å². The summed E-state index contributed by atoms with van der Waals surface area (Å²) in [4.78, 5) is 10.7. The number of piperazine rings is 1. The molecule has 1 fully saturated rings. The number of methoxy groups -OCH3 is 1. The number of anilines is 1. The molecule has 0 aliphatic carbocycles. The zero-order chi connectivity index (χ0) is 10.7. The number of ether oxygens (including phenoxy) is 1. The summed E-state index contributed by atoms with van der Waals surface area (Å²) >= 11 is 0. The first-order chi connectivity index (χ1) is 7.31. The molecule has 2 rings (SSSR count). The largest absolute Gasteiger partial charge is 0.478 e. The van der Waals surface area contributed by atoms with Crippen LogP contribution in [0.1, 0.15) is 6.92 Å². The van der Waals surface area contributed by atoms with E-state index in [1.807, 2.05) is 0 Å². The normalized spacial score (nSPS) is 21.5. The second-order valence-corrected chi connectivity index (χ2v) is 3.69. The summed E-state index contributed by atoms with van der Waals surface area (Å²) in [6.07, 6.45) is 3.35. The summed E-state index contributed by atoms with van der Waals surface area (Å²) in [5.41, 5.74) is 0. The molecule has 1 unspecified atom stereocenters. The van der Waals surface area contributed by atoms with Gasteiger partial charge in [0.15, 0.2) is 5.82 Å². The van der Waals surface area contributed by atoms with Gasteiger partial charge >= 0.3 is 0 Å². The van der Waals surface area contributed by atoms with Crippen LogP contribution < -0.4 is 15.0 Å². The first kappa shape index (κ1) is 10.2. The number of nitrogens with zero attached hydrogens (tertiary/aromatic N) is 3. The lowest BCUT2D eigenvalue weighted by Gasteiger charge is -2.32. The molecule has 1 aliphatic heterocycles. The molecule has 0 radical (unpaired) electrons. The Morgan fingerprint density at radius 1 is 1.47 bits per heavy atom. The van der Waals surface area contributed by atoms with Crippen LogP contribution in [0.15, 0.2) is 12.4 Å². The highest BCUT2D eigenvalue weighted by Gasteiger charge is 2.20. The molecule has 1 aromatic rings. The fourth-order valence-electron chi connectivity index (χ4n) is 1.80. The van der Waals surface area contributed by atoms with Gasteiger partial charge < -0.3 is 15.0 Å². The number of hydrogen-bond acceptors (Lipinski definition) is 5. The van der Waals surface area contributed by atoms with Crippen molar-refractivity contribution in [2.45, 2.75) is 13.0 Å². The first-order valence-electron chi connectivity index (χ1n) is 5.14. The van der Waals surface area contributed by atoms with Crippen molar-refractivity contribution in [3.63, 3.8) is 0 Å². The fourth-order valence-corrected chi connectivity index (χ4v) is 1.80. The van der Waals surface area contributed by atoms with Gasteiger partial charge in [-0.05, 0) is 6.92 Å². The maximum atomic E-state index is 5.20. The van der Waals surface area contributed by atoms with Crippen molar-refractivity contribution in [3.8, 4) is 5.88 Å². The fraction of sp³-hybridized carbons (Fsp3) is 0.600. The smallest absolute Gasteiger partial charge is 0.257 e. The topological polar surface area (TPSA) is 50.3 Å². The lowest BCUT2D eigenvalue weighted by molar-refractivity contribution is 0.391. The highest BCUT2D eigenvalue weighted by molar-refractivity contribution is 5.48. The van der Waals surface area contributed by atoms with Crippen LogP contribution in [0.5, 0.6) is 5.88 Å². The van der Waals surface area contributed by atoms with Crippen LogP contribution in [0.25, 0.3) is 0 Å². The number of rotatable bonds is 2. The van der Waals surface area contributed by atoms with Crippen LogP contribution >= 0.6 is 0 Å². The zero-order valence-electron chi connectivity index (χ0n) is 9.10. The van der Waals surface area contributed by atoms with E-state index in [4.69, 9.17) is 4.74 Å². The van der Waals surface area contributed by atoms with E-state index in [0.29, 0.717) is 11.9 Å². The maximum Gasteiger partial charge on any atom is 0.257 e. The summed E-state index contributed by atoms with van der Waals surface area (Å²) in [7, 11) is 1.62. The Morgan fingerprint density at radius 2 is 2.27 bits per heavy atom. The molecule has 2 heterocycles. The summed E-state index contributed by atoms with van der Waals surface area (Å²) in [6.45, 7) is 5.02. The van der Waals surface area contributed by atoms with E-state index < -0.39 is 0 Å². The molecular weight excluding hydrogens is 192 g/mol. The van der Waals surface area contributed by atoms with Gasteiger partial charge in [-0.3, -0.25) is 0 Å². The zero-order valence-corrected chi connectivity index (χ0v) is 9.10. The average Bonchev–Trinajstić information content (AvgIpc) is 2.29. The minimum atomic E-state index is 0.477. The second kappa shape index (κ2) is 4.44. The van der Waals surface area contributed by atoms with Crippen LogP contribution in [0.4, 0.5) is 5.82 Å². The highest BCUT2D eigenvalue weighted by atomic mass is 16.5. The van der Waals surface area contributed by atoms with Gasteiger partial charge in [-0.15, -0.1) is 0 Å². The lowest BCUT2D eigenvalue weighted by Crippen LogP contribution is -2.49. The quantitative estimate of drug-likeness (QED) is 0.756. The van der Waals surface area contributed by atoms with Gasteiger partial charge in [0.05, 0.1) is 7.11 Å². The van der Waals surface area contributed by atoms with Gasteiger partial charge in [0, 0.05) is 38.1 Å². The van der Waals surface area contributed by atoms with E-state index in [9.17, 15) is 0 Å². The first-order valence-corrected chi connectivity index (χ1v) is 5.14. The Morgan fingerprint density at radius 3 is 3.00 bits per heavy atom. The van der Waals surface area contributed by atoms with E-state index in [1.165, 1.54) is 0 Å². The standard InChI is InChI=1S/C10H16N4O/c1-8-7-14(6-5-11-8)9-10(15-2)13-4-3-12-9/h3-4,8,11H,5-7H2,1-2H3. The summed E-state index contributed by atoms with van der Waals surface area (Å²) < 4.78 is 5.20. The van der Waals surface area contributed by atoms with Crippen LogP contribution in [0.3, 0.4) is 0 Å². The average molecular weight is 208 g/mol. The highest BCUT2D eigenvalue weighted by Crippen LogP contribution is 2.22. The van der Waals surface area contributed by atoms with Gasteiger partial charge in [-0.1, -0.05) is 0 Å². The summed E-state index contributed by atoms with van der Waals surface area (Å²) in [6, 6.07) is 0.477. The third-order valence-corrected chi connectivity index (χ3v) is 2.51. The predicted molar refractivity (Wildman–Crippen MR) is 58.3 cm³/mol. The molecule has 1 atom stereocenters. The molecule has 1 saturated heterocycles. The van der Waals surface area contributed by atoms with Crippen LogP contribution in [0, 0.1) is 0 Å². The van der Waals surface area contributed by atoms with Crippen molar-refractivity contribution in [2.75, 3.05) is 31.6 Å². The van der Waals surface area contributed by atoms with Gasteiger partial charge in [0.1, 0.15) is 0 Å². The Labute approximate surface area is 89.5 Å². The molecule has 0 spiro atoms. The molecule has 0 aromatic carbocycles. The van der Waals surface area contributed by atoms with Crippen LogP contribution in [-0.2, 0) is 0 Å². The van der Waals surface area contributed by atoms with Gasteiger partial charge in [-0.25, -0.2) is 9.97 Å².